The molecule has 9 aromatic rings. The van der Waals surface area contributed by atoms with Crippen molar-refractivity contribution in [3.8, 4) is 84.9 Å². The smallest absolute Gasteiger partial charge is 0.160 e. The first kappa shape index (κ1) is 33.5. The Kier molecular flexibility index (Phi) is 7.74. The lowest BCUT2D eigenvalue weighted by Crippen LogP contribution is -2.32. The molecule has 2 heterocycles. The molecule has 2 aliphatic rings. The molecule has 0 amide bonds. The zero-order chi connectivity index (χ0) is 38.6. The molecule has 1 spiro atoms. The monoisotopic (exact) mass is 739 g/mol. The third kappa shape index (κ3) is 5.29. The number of nitrogens with zero attached hydrogens (tertiary/aromatic N) is 3. The second kappa shape index (κ2) is 13.4. The van der Waals surface area contributed by atoms with Crippen LogP contribution in [0.2, 0.25) is 0 Å². The van der Waals surface area contributed by atoms with E-state index in [0.29, 0.717) is 11.4 Å². The van der Waals surface area contributed by atoms with Gasteiger partial charge >= 0.3 is 0 Å². The number of fused-ring (bicyclic) bond motifs is 9. The highest BCUT2D eigenvalue weighted by Gasteiger charge is 2.51. The molecule has 1 aliphatic carbocycles. The van der Waals surface area contributed by atoms with Crippen LogP contribution in [0.4, 0.5) is 0 Å². The minimum Gasteiger partial charge on any atom is -0.457 e. The van der Waals surface area contributed by atoms with E-state index in [9.17, 15) is 5.26 Å². The number of hydrogen-bond acceptors (Lipinski definition) is 4. The highest BCUT2D eigenvalue weighted by Crippen LogP contribution is 2.62. The fraction of sp³-hybridized carbons (Fsp3) is 0.0185. The lowest BCUT2D eigenvalue weighted by Gasteiger charge is -2.39. The molecule has 0 saturated heterocycles. The number of rotatable bonds is 5. The lowest BCUT2D eigenvalue weighted by atomic mass is 9.65. The van der Waals surface area contributed by atoms with E-state index in [0.717, 1.165) is 78.5 Å². The predicted molar refractivity (Wildman–Crippen MR) is 231 cm³/mol. The molecule has 58 heavy (non-hydrogen) atoms. The summed E-state index contributed by atoms with van der Waals surface area (Å²) in [6.07, 6.45) is 0. The number of ether oxygens (including phenoxy) is 1. The summed E-state index contributed by atoms with van der Waals surface area (Å²) in [6, 6.07) is 71.9. The molecule has 270 valence electrons. The molecule has 4 heteroatoms. The van der Waals surface area contributed by atoms with Crippen molar-refractivity contribution in [2.75, 3.05) is 0 Å². The summed E-state index contributed by atoms with van der Waals surface area (Å²) >= 11 is 0. The van der Waals surface area contributed by atoms with Crippen molar-refractivity contribution in [3.05, 3.63) is 228 Å². The molecule has 11 rings (SSSR count). The number of benzene rings is 8. The van der Waals surface area contributed by atoms with E-state index in [4.69, 9.17) is 14.7 Å². The fourth-order valence-electron chi connectivity index (χ4n) is 8.90. The third-order valence-electron chi connectivity index (χ3n) is 11.6. The molecule has 0 fully saturated rings. The summed E-state index contributed by atoms with van der Waals surface area (Å²) in [6.45, 7) is 0. The maximum atomic E-state index is 9.51. The third-order valence-corrected chi connectivity index (χ3v) is 11.6. The summed E-state index contributed by atoms with van der Waals surface area (Å²) < 4.78 is 6.66. The number of nitriles is 1. The molecular formula is C54H33N3O. The summed E-state index contributed by atoms with van der Waals surface area (Å²) in [5.41, 5.74) is 16.0. The summed E-state index contributed by atoms with van der Waals surface area (Å²) in [5, 5.41) is 9.51. The van der Waals surface area contributed by atoms with Crippen LogP contribution >= 0.6 is 0 Å². The minimum absolute atomic E-state index is 0.638. The predicted octanol–water partition coefficient (Wildman–Crippen LogP) is 13.2. The Morgan fingerprint density at radius 2 is 0.810 bits per heavy atom. The Balaban J connectivity index is 1.13. The van der Waals surface area contributed by atoms with Crippen molar-refractivity contribution < 1.29 is 4.74 Å². The fourth-order valence-corrected chi connectivity index (χ4v) is 8.90. The van der Waals surface area contributed by atoms with Gasteiger partial charge < -0.3 is 4.74 Å². The molecule has 0 saturated carbocycles. The quantitative estimate of drug-likeness (QED) is 0.176. The Morgan fingerprint density at radius 1 is 0.379 bits per heavy atom. The van der Waals surface area contributed by atoms with E-state index in [1.54, 1.807) is 0 Å². The zero-order valence-corrected chi connectivity index (χ0v) is 31.3. The molecule has 0 unspecified atom stereocenters. The standard InChI is InChI=1S/C54H33N3O/c55-34-35-19-21-38(22-20-35)41-27-29-43-44-30-28-42(32-48(44)54(47(43)31-41)45-15-7-9-17-51(45)58-52-18-10-8-16-46(52)54)53-56-49(39-13-5-2-6-14-39)33-50(57-53)40-25-23-37(24-26-40)36-11-3-1-4-12-36/h1-33H. The highest BCUT2D eigenvalue weighted by molar-refractivity contribution is 5.92. The number of hydrogen-bond donors (Lipinski definition) is 0. The van der Waals surface area contributed by atoms with E-state index >= 15 is 0 Å². The van der Waals surface area contributed by atoms with Gasteiger partial charge in [-0.25, -0.2) is 9.97 Å². The molecule has 0 radical (unpaired) electrons. The van der Waals surface area contributed by atoms with Crippen LogP contribution in [0.15, 0.2) is 200 Å². The van der Waals surface area contributed by atoms with Crippen LogP contribution in [0, 0.1) is 11.3 Å². The molecule has 0 bridgehead atoms. The van der Waals surface area contributed by atoms with Crippen LogP contribution in [-0.2, 0) is 5.41 Å². The largest absolute Gasteiger partial charge is 0.457 e. The maximum Gasteiger partial charge on any atom is 0.160 e. The van der Waals surface area contributed by atoms with Gasteiger partial charge in [0, 0.05) is 27.8 Å². The van der Waals surface area contributed by atoms with Crippen molar-refractivity contribution >= 4 is 0 Å². The van der Waals surface area contributed by atoms with Crippen LogP contribution in [0.5, 0.6) is 11.5 Å². The van der Waals surface area contributed by atoms with Crippen LogP contribution in [-0.4, -0.2) is 9.97 Å². The SMILES string of the molecule is N#Cc1ccc(-c2ccc3c(c2)C2(c4ccccc4Oc4ccccc42)c2cc(-c4nc(-c5ccccc5)cc(-c5ccc(-c6ccccc6)cc5)n4)ccc2-3)cc1. The topological polar surface area (TPSA) is 58.8 Å². The molecule has 1 aromatic heterocycles. The first-order valence-electron chi connectivity index (χ1n) is 19.4. The van der Waals surface area contributed by atoms with Crippen molar-refractivity contribution in [3.63, 3.8) is 0 Å². The summed E-state index contributed by atoms with van der Waals surface area (Å²) in [7, 11) is 0. The van der Waals surface area contributed by atoms with Gasteiger partial charge in [-0.3, -0.25) is 0 Å². The molecule has 4 nitrogen and oxygen atoms in total. The van der Waals surface area contributed by atoms with Gasteiger partial charge in [0.05, 0.1) is 28.4 Å². The Hall–Kier alpha value is -7.87. The maximum absolute atomic E-state index is 9.51. The van der Waals surface area contributed by atoms with Crippen LogP contribution < -0.4 is 4.74 Å². The highest BCUT2D eigenvalue weighted by atomic mass is 16.5. The van der Waals surface area contributed by atoms with E-state index in [1.165, 1.54) is 16.7 Å². The average molecular weight is 740 g/mol. The van der Waals surface area contributed by atoms with Crippen molar-refractivity contribution in [2.24, 2.45) is 0 Å². The molecule has 0 atom stereocenters. The Morgan fingerprint density at radius 3 is 1.41 bits per heavy atom. The van der Waals surface area contributed by atoms with Crippen molar-refractivity contribution in [1.29, 1.82) is 5.26 Å². The zero-order valence-electron chi connectivity index (χ0n) is 31.3. The van der Waals surface area contributed by atoms with Crippen LogP contribution in [0.25, 0.3) is 67.3 Å². The van der Waals surface area contributed by atoms with Gasteiger partial charge in [-0.05, 0) is 87.0 Å². The summed E-state index contributed by atoms with van der Waals surface area (Å²) in [4.78, 5) is 10.6. The Bertz CT molecular complexity index is 3030. The molecule has 0 N–H and O–H groups in total. The second-order valence-electron chi connectivity index (χ2n) is 14.8. The van der Waals surface area contributed by atoms with Gasteiger partial charge in [0.1, 0.15) is 11.5 Å². The second-order valence-corrected chi connectivity index (χ2v) is 14.8. The van der Waals surface area contributed by atoms with E-state index in [1.807, 2.05) is 60.7 Å². The molecule has 8 aromatic carbocycles. The average Bonchev–Trinajstić information content (AvgIpc) is 3.58. The van der Waals surface area contributed by atoms with Gasteiger partial charge in [-0.15, -0.1) is 0 Å². The van der Waals surface area contributed by atoms with Crippen LogP contribution in [0.3, 0.4) is 0 Å². The first-order chi connectivity index (χ1) is 28.7. The van der Waals surface area contributed by atoms with Gasteiger partial charge in [-0.1, -0.05) is 158 Å². The van der Waals surface area contributed by atoms with Gasteiger partial charge in [0.25, 0.3) is 0 Å². The van der Waals surface area contributed by atoms with Crippen molar-refractivity contribution in [2.45, 2.75) is 5.41 Å². The van der Waals surface area contributed by atoms with Gasteiger partial charge in [0.2, 0.25) is 0 Å². The Labute approximate surface area is 337 Å². The van der Waals surface area contributed by atoms with Gasteiger partial charge in [-0.2, -0.15) is 5.26 Å². The minimum atomic E-state index is -0.693. The van der Waals surface area contributed by atoms with Crippen molar-refractivity contribution in [1.82, 2.24) is 9.97 Å². The number of para-hydroxylation sites is 2. The summed E-state index contributed by atoms with van der Waals surface area (Å²) in [5.74, 6) is 2.32. The molecule has 1 aliphatic heterocycles. The lowest BCUT2D eigenvalue weighted by molar-refractivity contribution is 0.436. The molecular weight excluding hydrogens is 707 g/mol. The van der Waals surface area contributed by atoms with Crippen LogP contribution in [0.1, 0.15) is 27.8 Å². The van der Waals surface area contributed by atoms with E-state index < -0.39 is 5.41 Å². The normalized spacial score (nSPS) is 12.7. The number of aromatic nitrogens is 2. The first-order valence-corrected chi connectivity index (χ1v) is 19.4. The van der Waals surface area contributed by atoms with Gasteiger partial charge in [0.15, 0.2) is 5.82 Å². The van der Waals surface area contributed by atoms with E-state index in [-0.39, 0.29) is 0 Å². The van der Waals surface area contributed by atoms with E-state index in [2.05, 4.69) is 146 Å².